The summed E-state index contributed by atoms with van der Waals surface area (Å²) in [6.45, 7) is 0. The SMILES string of the molecule is CNC(=O)[C@H]1O[C@@H](n2cnc3c(NOc4ccccc4)ncnc32)[C@H](O)[C@@H]1O. The van der Waals surface area contributed by atoms with Crippen LogP contribution < -0.4 is 15.6 Å². The zero-order valence-corrected chi connectivity index (χ0v) is 14.8. The third-order valence-electron chi connectivity index (χ3n) is 4.38. The van der Waals surface area contributed by atoms with Crippen molar-refractivity contribution in [3.8, 4) is 5.75 Å². The van der Waals surface area contributed by atoms with E-state index in [1.807, 2.05) is 18.2 Å². The topological polar surface area (TPSA) is 144 Å². The minimum absolute atomic E-state index is 0.309. The number of fused-ring (bicyclic) bond motifs is 1. The van der Waals surface area contributed by atoms with Gasteiger partial charge >= 0.3 is 0 Å². The number of aliphatic hydroxyl groups excluding tert-OH is 2. The van der Waals surface area contributed by atoms with Gasteiger partial charge in [-0.25, -0.2) is 20.4 Å². The van der Waals surface area contributed by atoms with Crippen LogP contribution in [0.2, 0.25) is 0 Å². The van der Waals surface area contributed by atoms with Crippen molar-refractivity contribution in [2.75, 3.05) is 12.5 Å². The zero-order valence-electron chi connectivity index (χ0n) is 14.8. The fourth-order valence-corrected chi connectivity index (χ4v) is 2.96. The molecule has 11 heteroatoms. The quantitative estimate of drug-likeness (QED) is 0.430. The number of carbonyl (C=O) groups excluding carboxylic acids is 1. The van der Waals surface area contributed by atoms with E-state index in [9.17, 15) is 15.0 Å². The van der Waals surface area contributed by atoms with E-state index in [0.29, 0.717) is 22.7 Å². The van der Waals surface area contributed by atoms with Crippen molar-refractivity contribution in [1.82, 2.24) is 24.8 Å². The van der Waals surface area contributed by atoms with Crippen LogP contribution in [0, 0.1) is 0 Å². The van der Waals surface area contributed by atoms with Crippen LogP contribution in [-0.2, 0) is 9.53 Å². The summed E-state index contributed by atoms with van der Waals surface area (Å²) in [6, 6.07) is 9.06. The van der Waals surface area contributed by atoms with Gasteiger partial charge in [-0.3, -0.25) is 9.36 Å². The maximum absolute atomic E-state index is 11.8. The molecule has 0 saturated carbocycles. The Bertz CT molecular complexity index is 981. The van der Waals surface area contributed by atoms with Crippen LogP contribution in [0.15, 0.2) is 43.0 Å². The number of benzene rings is 1. The molecule has 1 fully saturated rings. The van der Waals surface area contributed by atoms with E-state index in [-0.39, 0.29) is 0 Å². The Balaban J connectivity index is 1.60. The van der Waals surface area contributed by atoms with Gasteiger partial charge in [-0.15, -0.1) is 0 Å². The summed E-state index contributed by atoms with van der Waals surface area (Å²) in [4.78, 5) is 29.8. The standard InChI is InChI=1S/C17H18N6O5/c1-18-16(26)13-11(24)12(25)17(27-13)23-8-21-10-14(19-7-20-15(10)23)22-28-9-5-3-2-4-6-9/h2-8,11-13,17,24-25H,1H3,(H,18,26)(H,19,20,22)/t11-,12+,13-,17+/m0/s1. The van der Waals surface area contributed by atoms with E-state index in [4.69, 9.17) is 9.57 Å². The van der Waals surface area contributed by atoms with Gasteiger partial charge < -0.3 is 25.1 Å². The summed E-state index contributed by atoms with van der Waals surface area (Å²) in [7, 11) is 1.42. The molecule has 2 aromatic heterocycles. The molecular weight excluding hydrogens is 368 g/mol. The number of amides is 1. The highest BCUT2D eigenvalue weighted by Gasteiger charge is 2.47. The second kappa shape index (κ2) is 7.38. The van der Waals surface area contributed by atoms with Gasteiger partial charge in [0.25, 0.3) is 5.91 Å². The van der Waals surface area contributed by atoms with Crippen LogP contribution in [0.25, 0.3) is 11.2 Å². The highest BCUT2D eigenvalue weighted by Crippen LogP contribution is 2.32. The van der Waals surface area contributed by atoms with Gasteiger partial charge in [0.05, 0.1) is 6.33 Å². The first kappa shape index (κ1) is 18.1. The van der Waals surface area contributed by atoms with Crippen LogP contribution in [-0.4, -0.2) is 61.0 Å². The molecule has 0 radical (unpaired) electrons. The Hall–Kier alpha value is -3.28. The monoisotopic (exact) mass is 386 g/mol. The number of para-hydroxylation sites is 1. The van der Waals surface area contributed by atoms with Gasteiger partial charge in [-0.05, 0) is 12.1 Å². The molecule has 3 aromatic rings. The van der Waals surface area contributed by atoms with Crippen molar-refractivity contribution >= 4 is 22.9 Å². The number of imidazole rings is 1. The maximum atomic E-state index is 11.8. The first-order valence-corrected chi connectivity index (χ1v) is 8.48. The lowest BCUT2D eigenvalue weighted by Gasteiger charge is -2.16. The van der Waals surface area contributed by atoms with E-state index < -0.39 is 30.4 Å². The molecule has 1 aliphatic rings. The van der Waals surface area contributed by atoms with Crippen LogP contribution in [0.3, 0.4) is 0 Å². The third-order valence-corrected chi connectivity index (χ3v) is 4.38. The minimum Gasteiger partial charge on any atom is -0.387 e. The molecule has 0 bridgehead atoms. The number of likely N-dealkylation sites (N-methyl/N-ethyl adjacent to an activating group) is 1. The molecule has 1 aliphatic heterocycles. The highest BCUT2D eigenvalue weighted by atomic mass is 16.6. The van der Waals surface area contributed by atoms with Crippen LogP contribution in [0.1, 0.15) is 6.23 Å². The molecule has 11 nitrogen and oxygen atoms in total. The van der Waals surface area contributed by atoms with Crippen molar-refractivity contribution in [1.29, 1.82) is 0 Å². The molecule has 0 spiro atoms. The summed E-state index contributed by atoms with van der Waals surface area (Å²) in [5.74, 6) is 0.356. The van der Waals surface area contributed by atoms with E-state index in [2.05, 4.69) is 25.7 Å². The predicted molar refractivity (Wildman–Crippen MR) is 96.0 cm³/mol. The summed E-state index contributed by atoms with van der Waals surface area (Å²) >= 11 is 0. The number of anilines is 1. The van der Waals surface area contributed by atoms with Crippen molar-refractivity contribution in [3.05, 3.63) is 43.0 Å². The minimum atomic E-state index is -1.39. The number of carbonyl (C=O) groups is 1. The number of nitrogens with zero attached hydrogens (tertiary/aromatic N) is 4. The van der Waals surface area contributed by atoms with Gasteiger partial charge in [0.2, 0.25) is 0 Å². The zero-order chi connectivity index (χ0) is 19.7. The molecular formula is C17H18N6O5. The van der Waals surface area contributed by atoms with Gasteiger partial charge in [0.1, 0.15) is 18.5 Å². The first-order chi connectivity index (χ1) is 13.6. The average molecular weight is 386 g/mol. The number of hydrogen-bond donors (Lipinski definition) is 4. The first-order valence-electron chi connectivity index (χ1n) is 8.48. The summed E-state index contributed by atoms with van der Waals surface area (Å²) in [5, 5.41) is 22.9. The van der Waals surface area contributed by atoms with Crippen molar-refractivity contribution < 1.29 is 24.6 Å². The van der Waals surface area contributed by atoms with Gasteiger partial charge in [0, 0.05) is 7.05 Å². The smallest absolute Gasteiger partial charge is 0.251 e. The second-order valence-corrected chi connectivity index (χ2v) is 6.11. The van der Waals surface area contributed by atoms with E-state index in [0.717, 1.165) is 0 Å². The third kappa shape index (κ3) is 3.11. The number of aromatic nitrogens is 4. The van der Waals surface area contributed by atoms with Crippen LogP contribution in [0.5, 0.6) is 5.75 Å². The lowest BCUT2D eigenvalue weighted by molar-refractivity contribution is -0.137. The molecule has 4 atom stereocenters. The normalized spacial score (nSPS) is 24.2. The van der Waals surface area contributed by atoms with E-state index >= 15 is 0 Å². The number of nitrogens with one attached hydrogen (secondary N) is 2. The molecule has 4 N–H and O–H groups in total. The number of ether oxygens (including phenoxy) is 1. The predicted octanol–water partition coefficient (Wildman–Crippen LogP) is -0.403. The molecule has 4 rings (SSSR count). The molecule has 28 heavy (non-hydrogen) atoms. The van der Waals surface area contributed by atoms with Crippen molar-refractivity contribution in [2.45, 2.75) is 24.5 Å². The fraction of sp³-hybridized carbons (Fsp3) is 0.294. The average Bonchev–Trinajstić information content (AvgIpc) is 3.28. The number of aliphatic hydroxyl groups is 2. The van der Waals surface area contributed by atoms with Gasteiger partial charge in [-0.2, -0.15) is 0 Å². The van der Waals surface area contributed by atoms with Gasteiger partial charge in [-0.1, -0.05) is 18.2 Å². The van der Waals surface area contributed by atoms with Crippen molar-refractivity contribution in [2.24, 2.45) is 0 Å². The Morgan fingerprint density at radius 2 is 1.96 bits per heavy atom. The number of hydrogen-bond acceptors (Lipinski definition) is 9. The van der Waals surface area contributed by atoms with Gasteiger partial charge in [0.15, 0.2) is 35.1 Å². The summed E-state index contributed by atoms with van der Waals surface area (Å²) in [5.41, 5.74) is 3.42. The van der Waals surface area contributed by atoms with E-state index in [1.54, 1.807) is 12.1 Å². The molecule has 0 unspecified atom stereocenters. The molecule has 3 heterocycles. The molecule has 0 aliphatic carbocycles. The lowest BCUT2D eigenvalue weighted by Crippen LogP contribution is -2.41. The Morgan fingerprint density at radius 3 is 2.71 bits per heavy atom. The maximum Gasteiger partial charge on any atom is 0.251 e. The molecule has 1 saturated heterocycles. The highest BCUT2D eigenvalue weighted by molar-refractivity contribution is 5.83. The number of rotatable bonds is 5. The Morgan fingerprint density at radius 1 is 1.18 bits per heavy atom. The Labute approximate surface area is 158 Å². The molecule has 1 amide bonds. The summed E-state index contributed by atoms with van der Waals surface area (Å²) < 4.78 is 6.99. The lowest BCUT2D eigenvalue weighted by atomic mass is 10.1. The fourth-order valence-electron chi connectivity index (χ4n) is 2.96. The van der Waals surface area contributed by atoms with Crippen LogP contribution >= 0.6 is 0 Å². The van der Waals surface area contributed by atoms with Crippen molar-refractivity contribution in [3.63, 3.8) is 0 Å². The largest absolute Gasteiger partial charge is 0.387 e. The molecule has 146 valence electrons. The summed E-state index contributed by atoms with van der Waals surface area (Å²) in [6.07, 6.45) is -2.29. The second-order valence-electron chi connectivity index (χ2n) is 6.11. The Kier molecular flexibility index (Phi) is 4.77. The molecule has 1 aromatic carbocycles. The van der Waals surface area contributed by atoms with Crippen LogP contribution in [0.4, 0.5) is 5.82 Å². The van der Waals surface area contributed by atoms with E-state index in [1.165, 1.54) is 24.3 Å².